The predicted octanol–water partition coefficient (Wildman–Crippen LogP) is 3.80. The molecular weight excluding hydrogens is 376 g/mol. The second-order valence-electron chi connectivity index (χ2n) is 7.25. The topological polar surface area (TPSA) is 69.6 Å². The van der Waals surface area contributed by atoms with E-state index in [1.54, 1.807) is 36.4 Å². The fourth-order valence-corrected chi connectivity index (χ4v) is 3.68. The summed E-state index contributed by atoms with van der Waals surface area (Å²) < 4.78 is 0. The Kier molecular flexibility index (Phi) is 5.46. The van der Waals surface area contributed by atoms with Crippen molar-refractivity contribution in [1.29, 1.82) is 0 Å². The van der Waals surface area contributed by atoms with Gasteiger partial charge in [-0.15, -0.1) is 0 Å². The highest BCUT2D eigenvalue weighted by Gasteiger charge is 2.55. The summed E-state index contributed by atoms with van der Waals surface area (Å²) in [5, 5.41) is 13.9. The van der Waals surface area contributed by atoms with Gasteiger partial charge in [-0.05, 0) is 23.3 Å². The van der Waals surface area contributed by atoms with E-state index in [0.29, 0.717) is 5.69 Å². The second-order valence-corrected chi connectivity index (χ2v) is 7.25. The van der Waals surface area contributed by atoms with Gasteiger partial charge in [0.2, 0.25) is 0 Å². The molecule has 0 saturated carbocycles. The maximum absolute atomic E-state index is 13.5. The Morgan fingerprint density at radius 3 is 2.07 bits per heavy atom. The number of hydrogen-bond donors (Lipinski definition) is 2. The van der Waals surface area contributed by atoms with Crippen LogP contribution in [-0.4, -0.2) is 28.7 Å². The summed E-state index contributed by atoms with van der Waals surface area (Å²) in [5.41, 5.74) is 0.699. The van der Waals surface area contributed by atoms with Crippen LogP contribution in [-0.2, 0) is 11.2 Å². The Morgan fingerprint density at radius 2 is 1.43 bits per heavy atom. The molecule has 1 aliphatic heterocycles. The molecule has 0 radical (unpaired) electrons. The standard InChI is InChI=1S/C25H22N2O3/c28-22(17-16-19-10-4-1-5-11-19)25(18-20-12-6-2-7-13-20)23(29)27(24(30)26-25)21-14-8-3-9-15-21/h1-17,22,28H,18H2,(H,26,30)/b17-16+. The summed E-state index contributed by atoms with van der Waals surface area (Å²) in [6.45, 7) is 0. The number of aliphatic hydroxyl groups is 1. The van der Waals surface area contributed by atoms with E-state index in [0.717, 1.165) is 16.0 Å². The van der Waals surface area contributed by atoms with Crippen LogP contribution in [0.2, 0.25) is 0 Å². The summed E-state index contributed by atoms with van der Waals surface area (Å²) in [6.07, 6.45) is 2.26. The summed E-state index contributed by atoms with van der Waals surface area (Å²) >= 11 is 0. The number of nitrogens with one attached hydrogen (secondary N) is 1. The number of hydrogen-bond acceptors (Lipinski definition) is 3. The van der Waals surface area contributed by atoms with Gasteiger partial charge < -0.3 is 10.4 Å². The Labute approximate surface area is 175 Å². The smallest absolute Gasteiger partial charge is 0.329 e. The first kappa shape index (κ1) is 19.6. The van der Waals surface area contributed by atoms with Crippen LogP contribution >= 0.6 is 0 Å². The molecule has 2 N–H and O–H groups in total. The minimum atomic E-state index is -1.50. The van der Waals surface area contributed by atoms with Crippen LogP contribution in [0.25, 0.3) is 6.08 Å². The minimum Gasteiger partial charge on any atom is -0.386 e. The maximum atomic E-state index is 13.5. The van der Waals surface area contributed by atoms with Gasteiger partial charge in [-0.3, -0.25) is 4.79 Å². The van der Waals surface area contributed by atoms with Crippen LogP contribution in [0.4, 0.5) is 10.5 Å². The number of imide groups is 1. The molecule has 3 aromatic carbocycles. The van der Waals surface area contributed by atoms with Crippen molar-refractivity contribution in [1.82, 2.24) is 5.32 Å². The molecule has 1 aliphatic rings. The average Bonchev–Trinajstić information content (AvgIpc) is 3.04. The summed E-state index contributed by atoms with van der Waals surface area (Å²) in [4.78, 5) is 27.5. The summed E-state index contributed by atoms with van der Waals surface area (Å²) in [6, 6.07) is 27.0. The van der Waals surface area contributed by atoms with Crippen LogP contribution in [0.5, 0.6) is 0 Å². The van der Waals surface area contributed by atoms with Gasteiger partial charge in [0.05, 0.1) is 5.69 Å². The van der Waals surface area contributed by atoms with Gasteiger partial charge in [-0.2, -0.15) is 0 Å². The molecule has 3 aromatic rings. The van der Waals surface area contributed by atoms with E-state index in [9.17, 15) is 14.7 Å². The highest BCUT2D eigenvalue weighted by atomic mass is 16.3. The van der Waals surface area contributed by atoms with Crippen molar-refractivity contribution in [3.8, 4) is 0 Å². The van der Waals surface area contributed by atoms with Crippen LogP contribution in [0.15, 0.2) is 97.1 Å². The molecule has 5 nitrogen and oxygen atoms in total. The third-order valence-corrected chi connectivity index (χ3v) is 5.23. The normalized spacial score (nSPS) is 19.8. The third kappa shape index (κ3) is 3.75. The lowest BCUT2D eigenvalue weighted by Crippen LogP contribution is -2.57. The zero-order valence-electron chi connectivity index (χ0n) is 16.3. The molecule has 3 amide bonds. The van der Waals surface area contributed by atoms with E-state index in [1.165, 1.54) is 0 Å². The maximum Gasteiger partial charge on any atom is 0.329 e. The first-order valence-electron chi connectivity index (χ1n) is 9.77. The average molecular weight is 398 g/mol. The Morgan fingerprint density at radius 1 is 0.867 bits per heavy atom. The molecule has 2 unspecified atom stereocenters. The van der Waals surface area contributed by atoms with Crippen LogP contribution < -0.4 is 10.2 Å². The number of benzene rings is 3. The molecule has 150 valence electrons. The molecule has 1 heterocycles. The van der Waals surface area contributed by atoms with E-state index in [-0.39, 0.29) is 6.42 Å². The monoisotopic (exact) mass is 398 g/mol. The molecule has 2 atom stereocenters. The molecule has 0 bridgehead atoms. The van der Waals surface area contributed by atoms with Gasteiger partial charge in [0.25, 0.3) is 5.91 Å². The van der Waals surface area contributed by atoms with Gasteiger partial charge in [0, 0.05) is 6.42 Å². The molecule has 1 fully saturated rings. The van der Waals surface area contributed by atoms with Crippen molar-refractivity contribution in [2.45, 2.75) is 18.1 Å². The number of para-hydroxylation sites is 1. The zero-order valence-corrected chi connectivity index (χ0v) is 16.3. The lowest BCUT2D eigenvalue weighted by Gasteiger charge is -2.30. The van der Waals surface area contributed by atoms with Gasteiger partial charge in [-0.25, -0.2) is 9.69 Å². The Hall–Kier alpha value is -3.70. The second kappa shape index (κ2) is 8.35. The number of anilines is 1. The van der Waals surface area contributed by atoms with Crippen LogP contribution in [0, 0.1) is 0 Å². The van der Waals surface area contributed by atoms with E-state index >= 15 is 0 Å². The fraction of sp³-hybridized carbons (Fsp3) is 0.120. The number of urea groups is 1. The lowest BCUT2D eigenvalue weighted by molar-refractivity contribution is -0.125. The summed E-state index contributed by atoms with van der Waals surface area (Å²) in [5.74, 6) is -0.479. The first-order chi connectivity index (χ1) is 14.6. The van der Waals surface area contributed by atoms with E-state index in [4.69, 9.17) is 0 Å². The number of carbonyl (C=O) groups is 2. The van der Waals surface area contributed by atoms with Gasteiger partial charge in [-0.1, -0.05) is 91.0 Å². The van der Waals surface area contributed by atoms with Crippen molar-refractivity contribution in [2.24, 2.45) is 0 Å². The molecular formula is C25H22N2O3. The number of amides is 3. The quantitative estimate of drug-likeness (QED) is 0.621. The number of aliphatic hydroxyl groups excluding tert-OH is 1. The molecule has 0 spiro atoms. The molecule has 0 aliphatic carbocycles. The number of rotatable bonds is 6. The number of nitrogens with zero attached hydrogens (tertiary/aromatic N) is 1. The first-order valence-corrected chi connectivity index (χ1v) is 9.77. The molecule has 1 saturated heterocycles. The SMILES string of the molecule is O=C1NC(Cc2ccccc2)(C(O)/C=C/c2ccccc2)C(=O)N1c1ccccc1. The molecule has 30 heavy (non-hydrogen) atoms. The third-order valence-electron chi connectivity index (χ3n) is 5.23. The summed E-state index contributed by atoms with van der Waals surface area (Å²) in [7, 11) is 0. The molecule has 4 rings (SSSR count). The Balaban J connectivity index is 1.72. The number of carbonyl (C=O) groups excluding carboxylic acids is 2. The zero-order chi connectivity index (χ0) is 21.0. The lowest BCUT2D eigenvalue weighted by atomic mass is 9.84. The largest absolute Gasteiger partial charge is 0.386 e. The van der Waals surface area contributed by atoms with Crippen molar-refractivity contribution in [3.05, 3.63) is 108 Å². The molecule has 0 aromatic heterocycles. The fourth-order valence-electron chi connectivity index (χ4n) is 3.68. The predicted molar refractivity (Wildman–Crippen MR) is 117 cm³/mol. The van der Waals surface area contributed by atoms with E-state index in [1.807, 2.05) is 66.7 Å². The van der Waals surface area contributed by atoms with E-state index < -0.39 is 23.6 Å². The van der Waals surface area contributed by atoms with Crippen molar-refractivity contribution in [3.63, 3.8) is 0 Å². The van der Waals surface area contributed by atoms with Gasteiger partial charge in [0.1, 0.15) is 6.10 Å². The van der Waals surface area contributed by atoms with Crippen molar-refractivity contribution in [2.75, 3.05) is 4.90 Å². The van der Waals surface area contributed by atoms with Gasteiger partial charge in [0.15, 0.2) is 5.54 Å². The minimum absolute atomic E-state index is 0.169. The van der Waals surface area contributed by atoms with Crippen molar-refractivity contribution >= 4 is 23.7 Å². The Bertz CT molecular complexity index is 1050. The van der Waals surface area contributed by atoms with Crippen LogP contribution in [0.1, 0.15) is 11.1 Å². The van der Waals surface area contributed by atoms with Crippen molar-refractivity contribution < 1.29 is 14.7 Å². The van der Waals surface area contributed by atoms with E-state index in [2.05, 4.69) is 5.32 Å². The highest BCUT2D eigenvalue weighted by Crippen LogP contribution is 2.31. The van der Waals surface area contributed by atoms with Crippen LogP contribution in [0.3, 0.4) is 0 Å². The molecule has 5 heteroatoms. The van der Waals surface area contributed by atoms with Gasteiger partial charge >= 0.3 is 6.03 Å². The highest BCUT2D eigenvalue weighted by molar-refractivity contribution is 6.23.